The fourth-order valence-corrected chi connectivity index (χ4v) is 0. The van der Waals surface area contributed by atoms with Crippen molar-refractivity contribution in [1.29, 1.82) is 0 Å². The Morgan fingerprint density at radius 1 is 1.43 bits per heavy atom. The van der Waals surface area contributed by atoms with Crippen LogP contribution in [-0.4, -0.2) is 51.4 Å². The predicted molar refractivity (Wildman–Crippen MR) is 32.7 cm³/mol. The zero-order valence-electron chi connectivity index (χ0n) is 4.44. The summed E-state index contributed by atoms with van der Waals surface area (Å²) in [4.78, 5) is 0. The minimum atomic E-state index is 0. The Labute approximate surface area is 115 Å². The molecule has 0 saturated heterocycles. The van der Waals surface area contributed by atoms with E-state index in [2.05, 4.69) is 6.92 Å². The zero-order valence-corrected chi connectivity index (χ0v) is 10.4. The third-order valence-electron chi connectivity index (χ3n) is 0.236. The van der Waals surface area contributed by atoms with Gasteiger partial charge >= 0.3 is 0 Å². The van der Waals surface area contributed by atoms with Gasteiger partial charge in [-0.15, -0.1) is 6.92 Å². The largest absolute Gasteiger partial charge is 0.245 e. The van der Waals surface area contributed by atoms with Crippen molar-refractivity contribution in [3.63, 3.8) is 0 Å². The Balaban J connectivity index is -0.0000000150. The van der Waals surface area contributed by atoms with E-state index in [0.717, 1.165) is 0 Å². The molecular formula is C5H11KY-. The van der Waals surface area contributed by atoms with E-state index in [0.29, 0.717) is 0 Å². The fraction of sp³-hybridized carbons (Fsp3) is 0.400. The molecule has 0 aromatic heterocycles. The summed E-state index contributed by atoms with van der Waals surface area (Å²) < 4.78 is 0. The normalized spacial score (nSPS) is 5.29. The second kappa shape index (κ2) is 23.8. The van der Waals surface area contributed by atoms with E-state index in [9.17, 15) is 0 Å². The zero-order chi connectivity index (χ0) is 3.41. The Bertz CT molecular complexity index is 23.3. The summed E-state index contributed by atoms with van der Waals surface area (Å²) in [7, 11) is 0. The van der Waals surface area contributed by atoms with Crippen molar-refractivity contribution in [3.8, 4) is 0 Å². The van der Waals surface area contributed by atoms with Gasteiger partial charge in [0.1, 0.15) is 0 Å². The van der Waals surface area contributed by atoms with Gasteiger partial charge in [0.15, 0.2) is 0 Å². The maximum absolute atomic E-state index is 3.42. The fourth-order valence-electron chi connectivity index (χ4n) is 0. The first-order valence-corrected chi connectivity index (χ1v) is 1.32. The summed E-state index contributed by atoms with van der Waals surface area (Å²) >= 11 is 0. The quantitative estimate of drug-likeness (QED) is 0.411. The SMILES string of the molecule is C.[CH2-]/C=C\C.[K].[Y]. The monoisotopic (exact) mass is 199 g/mol. The van der Waals surface area contributed by atoms with Crippen LogP contribution < -0.4 is 0 Å². The molecule has 0 N–H and O–H groups in total. The Morgan fingerprint density at radius 2 is 1.57 bits per heavy atom. The van der Waals surface area contributed by atoms with Gasteiger partial charge in [-0.2, -0.15) is 0 Å². The van der Waals surface area contributed by atoms with Crippen LogP contribution in [0.4, 0.5) is 0 Å². The smallest absolute Gasteiger partial charge is 0 e. The van der Waals surface area contributed by atoms with Crippen LogP contribution in [0, 0.1) is 6.92 Å². The van der Waals surface area contributed by atoms with Crippen LogP contribution in [0.1, 0.15) is 14.4 Å². The van der Waals surface area contributed by atoms with E-state index < -0.39 is 0 Å². The van der Waals surface area contributed by atoms with Crippen molar-refractivity contribution in [2.24, 2.45) is 0 Å². The van der Waals surface area contributed by atoms with E-state index >= 15 is 0 Å². The third kappa shape index (κ3) is 30.0. The van der Waals surface area contributed by atoms with Gasteiger partial charge in [0.25, 0.3) is 0 Å². The molecular weight excluding hydrogens is 188 g/mol. The Hall–Kier alpha value is 2.35. The molecule has 2 radical (unpaired) electrons. The molecule has 0 nitrogen and oxygen atoms in total. The standard InChI is InChI=1S/C4H7.CH4.K.Y/c1-3-4-2;;;/h3-4H,1H2,2H3;1H4;;/q-1;;;/b4-3-;;;. The van der Waals surface area contributed by atoms with Gasteiger partial charge in [0.2, 0.25) is 0 Å². The van der Waals surface area contributed by atoms with Crippen LogP contribution in [0.2, 0.25) is 0 Å². The van der Waals surface area contributed by atoms with Crippen LogP contribution in [0.3, 0.4) is 0 Å². The van der Waals surface area contributed by atoms with Gasteiger partial charge in [-0.1, -0.05) is 7.43 Å². The van der Waals surface area contributed by atoms with Crippen LogP contribution in [0.5, 0.6) is 0 Å². The number of hydrogen-bond donors (Lipinski definition) is 0. The Kier molecular flexibility index (Phi) is 77.6. The molecule has 2 heteroatoms. The van der Waals surface area contributed by atoms with Gasteiger partial charge in [-0.3, -0.25) is 0 Å². The van der Waals surface area contributed by atoms with Gasteiger partial charge < -0.3 is 0 Å². The predicted octanol–water partition coefficient (Wildman–Crippen LogP) is 1.65. The number of hydrogen-bond acceptors (Lipinski definition) is 0. The summed E-state index contributed by atoms with van der Waals surface area (Å²) in [5, 5.41) is 0. The van der Waals surface area contributed by atoms with Crippen LogP contribution in [0.15, 0.2) is 12.2 Å². The molecule has 0 aliphatic carbocycles. The van der Waals surface area contributed by atoms with E-state index in [-0.39, 0.29) is 91.5 Å². The van der Waals surface area contributed by atoms with Gasteiger partial charge in [-0.05, 0) is 0 Å². The molecule has 0 rings (SSSR count). The van der Waals surface area contributed by atoms with Crippen LogP contribution >= 0.6 is 0 Å². The first kappa shape index (κ1) is 22.8. The molecule has 36 valence electrons. The molecule has 0 bridgehead atoms. The summed E-state index contributed by atoms with van der Waals surface area (Å²) in [6.45, 7) is 5.36. The van der Waals surface area contributed by atoms with E-state index in [1.54, 1.807) is 6.08 Å². The average Bonchev–Trinajstić information content (AvgIpc) is 1.37. The third-order valence-corrected chi connectivity index (χ3v) is 0.236. The Morgan fingerprint density at radius 3 is 1.57 bits per heavy atom. The second-order valence-electron chi connectivity index (χ2n) is 0.569. The van der Waals surface area contributed by atoms with Gasteiger partial charge in [-0.25, -0.2) is 19.1 Å². The molecule has 0 amide bonds. The molecule has 0 aromatic rings. The van der Waals surface area contributed by atoms with Gasteiger partial charge in [0.05, 0.1) is 0 Å². The van der Waals surface area contributed by atoms with Crippen molar-refractivity contribution >= 4 is 51.4 Å². The topological polar surface area (TPSA) is 0 Å². The summed E-state index contributed by atoms with van der Waals surface area (Å²) in [5.41, 5.74) is 0. The minimum absolute atomic E-state index is 0. The molecule has 0 aliphatic heterocycles. The summed E-state index contributed by atoms with van der Waals surface area (Å²) in [5.74, 6) is 0. The second-order valence-corrected chi connectivity index (χ2v) is 0.569. The minimum Gasteiger partial charge on any atom is -0.245 e. The van der Waals surface area contributed by atoms with Crippen molar-refractivity contribution in [1.82, 2.24) is 0 Å². The average molecular weight is 199 g/mol. The molecule has 0 aliphatic rings. The van der Waals surface area contributed by atoms with Crippen LogP contribution in [-0.2, 0) is 32.7 Å². The first-order valence-electron chi connectivity index (χ1n) is 1.32. The molecule has 0 heterocycles. The summed E-state index contributed by atoms with van der Waals surface area (Å²) in [6, 6.07) is 0. The maximum Gasteiger partial charge on any atom is 0 e. The van der Waals surface area contributed by atoms with Crippen molar-refractivity contribution in [2.75, 3.05) is 0 Å². The van der Waals surface area contributed by atoms with Crippen LogP contribution in [0.25, 0.3) is 0 Å². The van der Waals surface area contributed by atoms with E-state index in [1.807, 2.05) is 13.0 Å². The van der Waals surface area contributed by atoms with Crippen molar-refractivity contribution < 1.29 is 32.7 Å². The number of allylic oxidation sites excluding steroid dienone is 2. The van der Waals surface area contributed by atoms with Crippen molar-refractivity contribution in [2.45, 2.75) is 14.4 Å². The van der Waals surface area contributed by atoms with Crippen molar-refractivity contribution in [3.05, 3.63) is 19.1 Å². The van der Waals surface area contributed by atoms with E-state index in [1.165, 1.54) is 0 Å². The summed E-state index contributed by atoms with van der Waals surface area (Å²) in [6.07, 6.45) is 3.64. The van der Waals surface area contributed by atoms with E-state index in [4.69, 9.17) is 0 Å². The molecule has 7 heavy (non-hydrogen) atoms. The molecule has 0 saturated carbocycles. The molecule has 0 fully saturated rings. The molecule has 0 aromatic carbocycles. The molecule has 0 unspecified atom stereocenters. The number of rotatable bonds is 0. The molecule has 0 spiro atoms. The maximum atomic E-state index is 3.42. The van der Waals surface area contributed by atoms with Gasteiger partial charge in [0, 0.05) is 84.1 Å². The molecule has 0 atom stereocenters. The first-order chi connectivity index (χ1) is 1.91.